The number of nitriles is 1. The maximum atomic E-state index is 8.85. The summed E-state index contributed by atoms with van der Waals surface area (Å²) in [6.45, 7) is 4.29. The van der Waals surface area contributed by atoms with Crippen LogP contribution in [0.5, 0.6) is 0 Å². The third-order valence-corrected chi connectivity index (χ3v) is 2.65. The summed E-state index contributed by atoms with van der Waals surface area (Å²) >= 11 is 0. The molecule has 4 nitrogen and oxygen atoms in total. The fraction of sp³-hybridized carbons (Fsp3) is 0.417. The van der Waals surface area contributed by atoms with Gasteiger partial charge in [-0.3, -0.25) is 4.90 Å². The zero-order chi connectivity index (χ0) is 11.4. The highest BCUT2D eigenvalue weighted by molar-refractivity contribution is 5.48. The molecule has 0 spiro atoms. The monoisotopic (exact) mass is 217 g/mol. The summed E-state index contributed by atoms with van der Waals surface area (Å²) in [5.74, 6) is 0. The van der Waals surface area contributed by atoms with Crippen LogP contribution in [0.4, 0.5) is 5.69 Å². The van der Waals surface area contributed by atoms with E-state index in [0.29, 0.717) is 11.3 Å². The molecule has 1 aromatic rings. The summed E-state index contributed by atoms with van der Waals surface area (Å²) in [6, 6.07) is 7.64. The van der Waals surface area contributed by atoms with E-state index in [1.165, 1.54) is 0 Å². The van der Waals surface area contributed by atoms with Crippen molar-refractivity contribution in [1.29, 1.82) is 5.26 Å². The summed E-state index contributed by atoms with van der Waals surface area (Å²) in [7, 11) is 0. The van der Waals surface area contributed by atoms with E-state index >= 15 is 0 Å². The van der Waals surface area contributed by atoms with E-state index < -0.39 is 0 Å². The Balaban J connectivity index is 2.08. The topological polar surface area (TPSA) is 62.3 Å². The van der Waals surface area contributed by atoms with E-state index in [2.05, 4.69) is 11.0 Å². The SMILES string of the molecule is N#Cc1cc(N)cc(CN2CCOCC2)c1. The van der Waals surface area contributed by atoms with E-state index in [-0.39, 0.29) is 0 Å². The third-order valence-electron chi connectivity index (χ3n) is 2.65. The lowest BCUT2D eigenvalue weighted by atomic mass is 10.1. The van der Waals surface area contributed by atoms with Crippen molar-refractivity contribution < 1.29 is 4.74 Å². The molecular formula is C12H15N3O. The summed E-state index contributed by atoms with van der Waals surface area (Å²) in [6.07, 6.45) is 0. The van der Waals surface area contributed by atoms with Crippen molar-refractivity contribution in [1.82, 2.24) is 4.90 Å². The number of benzene rings is 1. The van der Waals surface area contributed by atoms with Crippen molar-refractivity contribution in [3.63, 3.8) is 0 Å². The molecule has 0 bridgehead atoms. The number of rotatable bonds is 2. The van der Waals surface area contributed by atoms with Gasteiger partial charge in [-0.05, 0) is 23.8 Å². The maximum Gasteiger partial charge on any atom is 0.0992 e. The van der Waals surface area contributed by atoms with Crippen LogP contribution in [-0.2, 0) is 11.3 Å². The predicted molar refractivity (Wildman–Crippen MR) is 61.7 cm³/mol. The largest absolute Gasteiger partial charge is 0.399 e. The van der Waals surface area contributed by atoms with Gasteiger partial charge in [0, 0.05) is 25.3 Å². The minimum atomic E-state index is 0.628. The van der Waals surface area contributed by atoms with Crippen LogP contribution in [0.2, 0.25) is 0 Å². The molecule has 2 N–H and O–H groups in total. The molecule has 0 amide bonds. The number of nitrogen functional groups attached to an aromatic ring is 1. The smallest absolute Gasteiger partial charge is 0.0992 e. The van der Waals surface area contributed by atoms with Gasteiger partial charge in [0.05, 0.1) is 24.8 Å². The quantitative estimate of drug-likeness (QED) is 0.750. The van der Waals surface area contributed by atoms with Gasteiger partial charge in [0.15, 0.2) is 0 Å². The fourth-order valence-electron chi connectivity index (χ4n) is 1.89. The van der Waals surface area contributed by atoms with Crippen molar-refractivity contribution in [3.05, 3.63) is 29.3 Å². The van der Waals surface area contributed by atoms with Crippen molar-refractivity contribution >= 4 is 5.69 Å². The van der Waals surface area contributed by atoms with E-state index in [9.17, 15) is 0 Å². The van der Waals surface area contributed by atoms with Gasteiger partial charge >= 0.3 is 0 Å². The Kier molecular flexibility index (Phi) is 3.40. The first kappa shape index (κ1) is 10.9. The molecule has 84 valence electrons. The van der Waals surface area contributed by atoms with Gasteiger partial charge in [-0.25, -0.2) is 0 Å². The molecule has 1 heterocycles. The summed E-state index contributed by atoms with van der Waals surface area (Å²) in [5, 5.41) is 8.85. The molecule has 0 saturated carbocycles. The summed E-state index contributed by atoms with van der Waals surface area (Å²) in [5.41, 5.74) is 8.12. The molecule has 0 unspecified atom stereocenters. The zero-order valence-electron chi connectivity index (χ0n) is 9.15. The number of anilines is 1. The highest BCUT2D eigenvalue weighted by Crippen LogP contribution is 2.14. The van der Waals surface area contributed by atoms with Crippen LogP contribution in [0.25, 0.3) is 0 Å². The summed E-state index contributed by atoms with van der Waals surface area (Å²) < 4.78 is 5.29. The number of hydrogen-bond acceptors (Lipinski definition) is 4. The van der Waals surface area contributed by atoms with E-state index in [0.717, 1.165) is 38.4 Å². The second kappa shape index (κ2) is 4.97. The number of hydrogen-bond donors (Lipinski definition) is 1. The lowest BCUT2D eigenvalue weighted by Gasteiger charge is -2.26. The second-order valence-electron chi connectivity index (χ2n) is 3.96. The van der Waals surface area contributed by atoms with Crippen molar-refractivity contribution in [3.8, 4) is 6.07 Å². The first-order valence-electron chi connectivity index (χ1n) is 5.37. The Morgan fingerprint density at radius 3 is 2.75 bits per heavy atom. The van der Waals surface area contributed by atoms with Crippen LogP contribution in [0.1, 0.15) is 11.1 Å². The lowest BCUT2D eigenvalue weighted by Crippen LogP contribution is -2.35. The highest BCUT2D eigenvalue weighted by Gasteiger charge is 2.11. The van der Waals surface area contributed by atoms with Crippen LogP contribution in [0.15, 0.2) is 18.2 Å². The lowest BCUT2D eigenvalue weighted by molar-refractivity contribution is 0.0342. The second-order valence-corrected chi connectivity index (χ2v) is 3.96. The highest BCUT2D eigenvalue weighted by atomic mass is 16.5. The Morgan fingerprint density at radius 1 is 1.31 bits per heavy atom. The van der Waals surface area contributed by atoms with Gasteiger partial charge in [0.2, 0.25) is 0 Å². The van der Waals surface area contributed by atoms with Gasteiger partial charge < -0.3 is 10.5 Å². The molecule has 0 atom stereocenters. The van der Waals surface area contributed by atoms with Crippen LogP contribution >= 0.6 is 0 Å². The van der Waals surface area contributed by atoms with E-state index in [4.69, 9.17) is 15.7 Å². The molecule has 0 radical (unpaired) electrons. The standard InChI is InChI=1S/C12H15N3O/c13-8-10-5-11(7-12(14)6-10)9-15-1-3-16-4-2-15/h5-7H,1-4,9,14H2. The zero-order valence-corrected chi connectivity index (χ0v) is 9.15. The van der Waals surface area contributed by atoms with Gasteiger partial charge in [-0.2, -0.15) is 5.26 Å². The molecular weight excluding hydrogens is 202 g/mol. The van der Waals surface area contributed by atoms with Crippen LogP contribution in [-0.4, -0.2) is 31.2 Å². The van der Waals surface area contributed by atoms with Gasteiger partial charge in [0.1, 0.15) is 0 Å². The van der Waals surface area contributed by atoms with E-state index in [1.807, 2.05) is 12.1 Å². The average Bonchev–Trinajstić information content (AvgIpc) is 2.29. The Bertz CT molecular complexity index is 405. The minimum Gasteiger partial charge on any atom is -0.399 e. The number of morpholine rings is 1. The fourth-order valence-corrected chi connectivity index (χ4v) is 1.89. The Morgan fingerprint density at radius 2 is 2.06 bits per heavy atom. The molecule has 4 heteroatoms. The molecule has 0 aromatic heterocycles. The van der Waals surface area contributed by atoms with E-state index in [1.54, 1.807) is 6.07 Å². The normalized spacial score (nSPS) is 16.9. The molecule has 1 aliphatic heterocycles. The molecule has 16 heavy (non-hydrogen) atoms. The van der Waals surface area contributed by atoms with Crippen LogP contribution in [0, 0.1) is 11.3 Å². The Hall–Kier alpha value is -1.57. The third kappa shape index (κ3) is 2.72. The number of ether oxygens (including phenoxy) is 1. The van der Waals surface area contributed by atoms with Crippen molar-refractivity contribution in [2.75, 3.05) is 32.0 Å². The maximum absolute atomic E-state index is 8.85. The predicted octanol–water partition coefficient (Wildman–Crippen LogP) is 0.973. The molecule has 1 aromatic carbocycles. The first-order valence-corrected chi connectivity index (χ1v) is 5.37. The Labute approximate surface area is 95.2 Å². The van der Waals surface area contributed by atoms with Crippen LogP contribution in [0.3, 0.4) is 0 Å². The molecule has 1 saturated heterocycles. The minimum absolute atomic E-state index is 0.628. The molecule has 1 fully saturated rings. The number of nitrogens with zero attached hydrogens (tertiary/aromatic N) is 2. The number of nitrogens with two attached hydrogens (primary N) is 1. The molecule has 2 rings (SSSR count). The van der Waals surface area contributed by atoms with Gasteiger partial charge in [0.25, 0.3) is 0 Å². The molecule has 0 aliphatic carbocycles. The van der Waals surface area contributed by atoms with Crippen LogP contribution < -0.4 is 5.73 Å². The van der Waals surface area contributed by atoms with Gasteiger partial charge in [-0.1, -0.05) is 0 Å². The van der Waals surface area contributed by atoms with Crippen molar-refractivity contribution in [2.45, 2.75) is 6.54 Å². The van der Waals surface area contributed by atoms with Gasteiger partial charge in [-0.15, -0.1) is 0 Å². The first-order chi connectivity index (χ1) is 7.78. The van der Waals surface area contributed by atoms with Crippen molar-refractivity contribution in [2.24, 2.45) is 0 Å². The summed E-state index contributed by atoms with van der Waals surface area (Å²) in [4.78, 5) is 2.30. The average molecular weight is 217 g/mol. The molecule has 1 aliphatic rings.